The molecule has 0 saturated heterocycles. The Hall–Kier alpha value is -1.71. The van der Waals surface area contributed by atoms with Crippen molar-refractivity contribution in [1.82, 2.24) is 4.98 Å². The molecule has 0 aliphatic heterocycles. The van der Waals surface area contributed by atoms with E-state index in [1.807, 2.05) is 26.0 Å². The van der Waals surface area contributed by atoms with Crippen LogP contribution in [0.4, 0.5) is 5.69 Å². The summed E-state index contributed by atoms with van der Waals surface area (Å²) in [4.78, 5) is 4.43. The number of fused-ring (bicyclic) bond motifs is 1. The third kappa shape index (κ3) is 2.13. The molecular formula is C15H12Cl2N2O. The molecule has 0 bridgehead atoms. The Morgan fingerprint density at radius 3 is 2.60 bits per heavy atom. The molecule has 0 unspecified atom stereocenters. The van der Waals surface area contributed by atoms with Crippen molar-refractivity contribution in [1.29, 1.82) is 0 Å². The van der Waals surface area contributed by atoms with Crippen LogP contribution in [-0.2, 0) is 0 Å². The number of aryl methyl sites for hydroxylation is 2. The summed E-state index contributed by atoms with van der Waals surface area (Å²) in [5.41, 5.74) is 10.8. The molecule has 2 N–H and O–H groups in total. The molecule has 5 heteroatoms. The van der Waals surface area contributed by atoms with Crippen molar-refractivity contribution in [3.05, 3.63) is 45.4 Å². The third-order valence-electron chi connectivity index (χ3n) is 3.17. The predicted molar refractivity (Wildman–Crippen MR) is 83.4 cm³/mol. The van der Waals surface area contributed by atoms with Gasteiger partial charge in [-0.25, -0.2) is 4.98 Å². The number of anilines is 1. The Balaban J connectivity index is 2.28. The second kappa shape index (κ2) is 4.69. The van der Waals surface area contributed by atoms with Crippen LogP contribution < -0.4 is 5.73 Å². The second-order valence-electron chi connectivity index (χ2n) is 4.80. The van der Waals surface area contributed by atoms with Crippen molar-refractivity contribution in [2.24, 2.45) is 0 Å². The van der Waals surface area contributed by atoms with Gasteiger partial charge in [0.25, 0.3) is 0 Å². The maximum absolute atomic E-state index is 6.12. The molecule has 0 fully saturated rings. The van der Waals surface area contributed by atoms with E-state index in [2.05, 4.69) is 4.98 Å². The first-order valence-corrected chi connectivity index (χ1v) is 6.84. The summed E-state index contributed by atoms with van der Waals surface area (Å²) in [6.07, 6.45) is 0. The molecule has 0 radical (unpaired) electrons. The molecule has 0 amide bonds. The van der Waals surface area contributed by atoms with E-state index in [0.29, 0.717) is 32.7 Å². The van der Waals surface area contributed by atoms with Crippen molar-refractivity contribution >= 4 is 40.0 Å². The maximum Gasteiger partial charge on any atom is 0.229 e. The van der Waals surface area contributed by atoms with Gasteiger partial charge in [-0.1, -0.05) is 29.3 Å². The van der Waals surface area contributed by atoms with Gasteiger partial charge in [0.1, 0.15) is 5.52 Å². The van der Waals surface area contributed by atoms with E-state index in [1.165, 1.54) is 0 Å². The number of halogens is 2. The van der Waals surface area contributed by atoms with E-state index in [9.17, 15) is 0 Å². The molecule has 0 aliphatic carbocycles. The quantitative estimate of drug-likeness (QED) is 0.644. The highest BCUT2D eigenvalue weighted by Crippen LogP contribution is 2.35. The average Bonchev–Trinajstić information content (AvgIpc) is 2.77. The fourth-order valence-corrected chi connectivity index (χ4v) is 2.75. The van der Waals surface area contributed by atoms with E-state index in [0.717, 1.165) is 16.7 Å². The van der Waals surface area contributed by atoms with Crippen molar-refractivity contribution in [3.63, 3.8) is 0 Å². The summed E-state index contributed by atoms with van der Waals surface area (Å²) in [5, 5.41) is 0.963. The molecule has 3 nitrogen and oxygen atoms in total. The van der Waals surface area contributed by atoms with Crippen LogP contribution in [0.5, 0.6) is 0 Å². The van der Waals surface area contributed by atoms with E-state index < -0.39 is 0 Å². The summed E-state index contributed by atoms with van der Waals surface area (Å²) < 4.78 is 5.75. The van der Waals surface area contributed by atoms with Gasteiger partial charge in [-0.05, 0) is 43.2 Å². The fourth-order valence-electron chi connectivity index (χ4n) is 2.23. The zero-order valence-electron chi connectivity index (χ0n) is 11.0. The van der Waals surface area contributed by atoms with Gasteiger partial charge in [-0.15, -0.1) is 0 Å². The number of nitrogens with zero attached hydrogens (tertiary/aromatic N) is 1. The van der Waals surface area contributed by atoms with Gasteiger partial charge in [0.05, 0.1) is 10.6 Å². The van der Waals surface area contributed by atoms with Gasteiger partial charge in [-0.3, -0.25) is 0 Å². The molecule has 0 spiro atoms. The number of hydrogen-bond acceptors (Lipinski definition) is 3. The highest BCUT2D eigenvalue weighted by atomic mass is 35.5. The Morgan fingerprint density at radius 1 is 1.10 bits per heavy atom. The maximum atomic E-state index is 6.12. The Labute approximate surface area is 126 Å². The Bertz CT molecular complexity index is 824. The van der Waals surface area contributed by atoms with E-state index in [1.54, 1.807) is 12.1 Å². The first-order chi connectivity index (χ1) is 9.45. The number of nitrogens with two attached hydrogens (primary N) is 1. The lowest BCUT2D eigenvalue weighted by Crippen LogP contribution is -1.95. The minimum Gasteiger partial charge on any atom is -0.434 e. The van der Waals surface area contributed by atoms with Crippen molar-refractivity contribution in [2.45, 2.75) is 13.8 Å². The summed E-state index contributed by atoms with van der Waals surface area (Å²) in [5.74, 6) is 0.452. The van der Waals surface area contributed by atoms with Crippen LogP contribution in [-0.4, -0.2) is 4.98 Å². The first-order valence-electron chi connectivity index (χ1n) is 6.08. The van der Waals surface area contributed by atoms with Crippen molar-refractivity contribution in [3.8, 4) is 11.5 Å². The van der Waals surface area contributed by atoms with Crippen LogP contribution in [0.25, 0.3) is 22.6 Å². The van der Waals surface area contributed by atoms with Gasteiger partial charge < -0.3 is 10.2 Å². The smallest absolute Gasteiger partial charge is 0.229 e. The number of rotatable bonds is 1. The topological polar surface area (TPSA) is 52.0 Å². The zero-order valence-corrected chi connectivity index (χ0v) is 12.5. The number of oxazole rings is 1. The van der Waals surface area contributed by atoms with E-state index in [-0.39, 0.29) is 0 Å². The molecule has 0 saturated carbocycles. The molecule has 2 aromatic carbocycles. The van der Waals surface area contributed by atoms with E-state index in [4.69, 9.17) is 33.4 Å². The highest BCUT2D eigenvalue weighted by molar-refractivity contribution is 6.38. The van der Waals surface area contributed by atoms with Gasteiger partial charge in [0, 0.05) is 10.7 Å². The lowest BCUT2D eigenvalue weighted by molar-refractivity contribution is 0.620. The Kier molecular flexibility index (Phi) is 3.11. The van der Waals surface area contributed by atoms with Crippen LogP contribution in [0.15, 0.2) is 28.7 Å². The molecule has 3 rings (SSSR count). The van der Waals surface area contributed by atoms with Gasteiger partial charge >= 0.3 is 0 Å². The highest BCUT2D eigenvalue weighted by Gasteiger charge is 2.15. The minimum atomic E-state index is 0.439. The monoisotopic (exact) mass is 306 g/mol. The van der Waals surface area contributed by atoms with Gasteiger partial charge in [0.2, 0.25) is 5.89 Å². The standard InChI is InChI=1S/C15H12Cl2N2O/c1-7-3-8(2)13(18)10(4-7)15-19-12-6-9(16)5-11(17)14(12)20-15/h3-6H,18H2,1-2H3. The summed E-state index contributed by atoms with van der Waals surface area (Å²) in [6, 6.07) is 7.31. The largest absolute Gasteiger partial charge is 0.434 e. The SMILES string of the molecule is Cc1cc(C)c(N)c(-c2nc3cc(Cl)cc(Cl)c3o2)c1. The minimum absolute atomic E-state index is 0.439. The molecule has 0 atom stereocenters. The summed E-state index contributed by atoms with van der Waals surface area (Å²) in [7, 11) is 0. The van der Waals surface area contributed by atoms with Crippen LogP contribution in [0.1, 0.15) is 11.1 Å². The number of hydrogen-bond donors (Lipinski definition) is 1. The third-order valence-corrected chi connectivity index (χ3v) is 3.67. The normalized spacial score (nSPS) is 11.2. The van der Waals surface area contributed by atoms with Gasteiger partial charge in [0.15, 0.2) is 5.58 Å². The first kappa shape index (κ1) is 13.3. The molecule has 0 aliphatic rings. The average molecular weight is 307 g/mol. The zero-order chi connectivity index (χ0) is 14.4. The number of aromatic nitrogens is 1. The predicted octanol–water partition coefficient (Wildman–Crippen LogP) is 5.00. The van der Waals surface area contributed by atoms with Gasteiger partial charge in [-0.2, -0.15) is 0 Å². The molecule has 20 heavy (non-hydrogen) atoms. The molecule has 1 aromatic heterocycles. The van der Waals surface area contributed by atoms with Crippen LogP contribution in [0, 0.1) is 13.8 Å². The second-order valence-corrected chi connectivity index (χ2v) is 5.64. The van der Waals surface area contributed by atoms with Crippen molar-refractivity contribution < 1.29 is 4.42 Å². The summed E-state index contributed by atoms with van der Waals surface area (Å²) >= 11 is 12.1. The lowest BCUT2D eigenvalue weighted by Gasteiger charge is -2.06. The van der Waals surface area contributed by atoms with Crippen LogP contribution >= 0.6 is 23.2 Å². The summed E-state index contributed by atoms with van der Waals surface area (Å²) in [6.45, 7) is 3.96. The lowest BCUT2D eigenvalue weighted by atomic mass is 10.0. The Morgan fingerprint density at radius 2 is 1.85 bits per heavy atom. The van der Waals surface area contributed by atoms with Crippen molar-refractivity contribution in [2.75, 3.05) is 5.73 Å². The molecule has 102 valence electrons. The van der Waals surface area contributed by atoms with Crippen LogP contribution in [0.3, 0.4) is 0 Å². The van der Waals surface area contributed by atoms with Crippen LogP contribution in [0.2, 0.25) is 10.0 Å². The number of nitrogen functional groups attached to an aromatic ring is 1. The number of benzene rings is 2. The van der Waals surface area contributed by atoms with E-state index >= 15 is 0 Å². The molecule has 3 aromatic rings. The fraction of sp³-hybridized carbons (Fsp3) is 0.133. The molecular weight excluding hydrogens is 295 g/mol. The molecule has 1 heterocycles.